The highest BCUT2D eigenvalue weighted by atomic mass is 16.2. The van der Waals surface area contributed by atoms with Crippen LogP contribution < -0.4 is 5.32 Å². The number of carbonyl (C=O) groups is 2. The van der Waals surface area contributed by atoms with Crippen LogP contribution in [0.4, 0.5) is 0 Å². The Bertz CT molecular complexity index is 369. The Morgan fingerprint density at radius 1 is 1.25 bits per heavy atom. The molecule has 4 atom stereocenters. The molecule has 0 aromatic heterocycles. The number of rotatable bonds is 4. The molecule has 2 amide bonds. The van der Waals surface area contributed by atoms with E-state index in [-0.39, 0.29) is 29.9 Å². The number of hydrogen-bond donors (Lipinski definition) is 1. The van der Waals surface area contributed by atoms with Crippen LogP contribution in [0.2, 0.25) is 0 Å². The lowest BCUT2D eigenvalue weighted by Crippen LogP contribution is -2.65. The van der Waals surface area contributed by atoms with Gasteiger partial charge in [0.15, 0.2) is 0 Å². The highest BCUT2D eigenvalue weighted by Crippen LogP contribution is 2.32. The highest BCUT2D eigenvalue weighted by Gasteiger charge is 2.42. The average molecular weight is 280 g/mol. The van der Waals surface area contributed by atoms with Crippen LogP contribution in [0.3, 0.4) is 0 Å². The number of amides is 2. The number of nitrogens with one attached hydrogen (secondary N) is 1. The molecule has 114 valence electrons. The molecule has 2 aliphatic rings. The van der Waals surface area contributed by atoms with Gasteiger partial charge in [0.1, 0.15) is 12.1 Å². The summed E-state index contributed by atoms with van der Waals surface area (Å²) < 4.78 is 0. The summed E-state index contributed by atoms with van der Waals surface area (Å²) in [5.74, 6) is 0.866. The lowest BCUT2D eigenvalue weighted by atomic mass is 9.82. The van der Waals surface area contributed by atoms with E-state index >= 15 is 0 Å². The summed E-state index contributed by atoms with van der Waals surface area (Å²) in [7, 11) is 0. The van der Waals surface area contributed by atoms with Gasteiger partial charge in [-0.3, -0.25) is 9.59 Å². The first-order chi connectivity index (χ1) is 9.58. The van der Waals surface area contributed by atoms with Gasteiger partial charge in [-0.05, 0) is 32.1 Å². The normalized spacial score (nSPS) is 35.0. The van der Waals surface area contributed by atoms with Crippen molar-refractivity contribution in [2.24, 2.45) is 5.92 Å². The maximum absolute atomic E-state index is 12.7. The van der Waals surface area contributed by atoms with E-state index in [9.17, 15) is 9.59 Å². The van der Waals surface area contributed by atoms with Crippen molar-refractivity contribution in [1.82, 2.24) is 10.2 Å². The molecule has 4 heteroatoms. The van der Waals surface area contributed by atoms with Crippen molar-refractivity contribution >= 4 is 11.8 Å². The van der Waals surface area contributed by atoms with Gasteiger partial charge in [-0.1, -0.05) is 39.5 Å². The van der Waals surface area contributed by atoms with Crippen molar-refractivity contribution in [3.05, 3.63) is 0 Å². The molecule has 4 nitrogen and oxygen atoms in total. The van der Waals surface area contributed by atoms with Crippen molar-refractivity contribution in [1.29, 1.82) is 0 Å². The van der Waals surface area contributed by atoms with Crippen molar-refractivity contribution in [3.8, 4) is 0 Å². The molecule has 0 bridgehead atoms. The standard InChI is InChI=1S/C16H28N2O2/c1-4-7-14-16(20)18(11(3)15(19)17-14)13-9-6-8-12(5-2)10-13/h11-14H,4-10H2,1-3H3,(H,17,19). The van der Waals surface area contributed by atoms with E-state index in [1.165, 1.54) is 19.3 Å². The first kappa shape index (κ1) is 15.3. The minimum atomic E-state index is -0.309. The van der Waals surface area contributed by atoms with Gasteiger partial charge in [0.2, 0.25) is 11.8 Å². The number of carbonyl (C=O) groups excluding carboxylic acids is 2. The molecule has 0 aromatic carbocycles. The van der Waals surface area contributed by atoms with Gasteiger partial charge in [-0.2, -0.15) is 0 Å². The predicted octanol–water partition coefficient (Wildman–Crippen LogP) is 2.47. The van der Waals surface area contributed by atoms with E-state index in [1.54, 1.807) is 0 Å². The molecule has 0 radical (unpaired) electrons. The Balaban J connectivity index is 2.13. The number of piperazine rings is 1. The van der Waals surface area contributed by atoms with Gasteiger partial charge >= 0.3 is 0 Å². The molecule has 1 heterocycles. The maximum Gasteiger partial charge on any atom is 0.246 e. The Labute approximate surface area is 122 Å². The first-order valence-electron chi connectivity index (χ1n) is 8.21. The summed E-state index contributed by atoms with van der Waals surface area (Å²) in [5.41, 5.74) is 0. The van der Waals surface area contributed by atoms with Gasteiger partial charge in [-0.15, -0.1) is 0 Å². The zero-order valence-electron chi connectivity index (χ0n) is 13.0. The van der Waals surface area contributed by atoms with Crippen molar-refractivity contribution < 1.29 is 9.59 Å². The zero-order valence-corrected chi connectivity index (χ0v) is 13.0. The van der Waals surface area contributed by atoms with Gasteiger partial charge in [-0.25, -0.2) is 0 Å². The quantitative estimate of drug-likeness (QED) is 0.860. The topological polar surface area (TPSA) is 49.4 Å². The number of hydrogen-bond acceptors (Lipinski definition) is 2. The molecular formula is C16H28N2O2. The Hall–Kier alpha value is -1.06. The van der Waals surface area contributed by atoms with Crippen molar-refractivity contribution in [2.75, 3.05) is 0 Å². The summed E-state index contributed by atoms with van der Waals surface area (Å²) in [4.78, 5) is 26.7. The molecule has 0 spiro atoms. The first-order valence-corrected chi connectivity index (χ1v) is 8.21. The van der Waals surface area contributed by atoms with Crippen LogP contribution in [0.1, 0.15) is 65.7 Å². The SMILES string of the molecule is CCCC1NC(=O)C(C)N(C2CCCC(CC)C2)C1=O. The van der Waals surface area contributed by atoms with Crippen LogP contribution in [0, 0.1) is 5.92 Å². The van der Waals surface area contributed by atoms with Crippen LogP contribution in [-0.2, 0) is 9.59 Å². The molecule has 20 heavy (non-hydrogen) atoms. The zero-order chi connectivity index (χ0) is 14.7. The Kier molecular flexibility index (Phi) is 5.06. The molecule has 4 unspecified atom stereocenters. The van der Waals surface area contributed by atoms with E-state index in [0.29, 0.717) is 5.92 Å². The monoisotopic (exact) mass is 280 g/mol. The summed E-state index contributed by atoms with van der Waals surface area (Å²) in [5, 5.41) is 2.88. The number of nitrogens with zero attached hydrogens (tertiary/aromatic N) is 1. The molecule has 1 N–H and O–H groups in total. The second kappa shape index (κ2) is 6.59. The largest absolute Gasteiger partial charge is 0.343 e. The van der Waals surface area contributed by atoms with Crippen LogP contribution in [0.25, 0.3) is 0 Å². The van der Waals surface area contributed by atoms with E-state index in [4.69, 9.17) is 0 Å². The van der Waals surface area contributed by atoms with E-state index in [0.717, 1.165) is 25.7 Å². The van der Waals surface area contributed by atoms with Gasteiger partial charge < -0.3 is 10.2 Å². The fraction of sp³-hybridized carbons (Fsp3) is 0.875. The Morgan fingerprint density at radius 3 is 2.65 bits per heavy atom. The summed E-state index contributed by atoms with van der Waals surface area (Å²) in [6, 6.07) is -0.344. The van der Waals surface area contributed by atoms with Crippen LogP contribution >= 0.6 is 0 Å². The summed E-state index contributed by atoms with van der Waals surface area (Å²) in [6.07, 6.45) is 7.42. The minimum Gasteiger partial charge on any atom is -0.343 e. The fourth-order valence-electron chi connectivity index (χ4n) is 3.72. The maximum atomic E-state index is 12.7. The summed E-state index contributed by atoms with van der Waals surface area (Å²) in [6.45, 7) is 6.14. The average Bonchev–Trinajstić information content (AvgIpc) is 2.45. The third-order valence-corrected chi connectivity index (χ3v) is 4.97. The smallest absolute Gasteiger partial charge is 0.246 e. The minimum absolute atomic E-state index is 0.0154. The van der Waals surface area contributed by atoms with Crippen molar-refractivity contribution in [2.45, 2.75) is 83.8 Å². The van der Waals surface area contributed by atoms with Crippen LogP contribution in [0.5, 0.6) is 0 Å². The second-order valence-electron chi connectivity index (χ2n) is 6.37. The molecule has 2 fully saturated rings. The third-order valence-electron chi connectivity index (χ3n) is 4.97. The highest BCUT2D eigenvalue weighted by molar-refractivity contribution is 5.96. The molecular weight excluding hydrogens is 252 g/mol. The molecule has 1 saturated carbocycles. The van der Waals surface area contributed by atoms with Gasteiger partial charge in [0.25, 0.3) is 0 Å². The lowest BCUT2D eigenvalue weighted by molar-refractivity contribution is -0.152. The van der Waals surface area contributed by atoms with E-state index < -0.39 is 0 Å². The van der Waals surface area contributed by atoms with Crippen molar-refractivity contribution in [3.63, 3.8) is 0 Å². The van der Waals surface area contributed by atoms with Gasteiger partial charge in [0, 0.05) is 6.04 Å². The molecule has 1 aliphatic carbocycles. The fourth-order valence-corrected chi connectivity index (χ4v) is 3.72. The molecule has 0 aromatic rings. The molecule has 1 aliphatic heterocycles. The Morgan fingerprint density at radius 2 is 2.00 bits per heavy atom. The van der Waals surface area contributed by atoms with Crippen LogP contribution in [0.15, 0.2) is 0 Å². The van der Waals surface area contributed by atoms with E-state index in [1.807, 2.05) is 11.8 Å². The predicted molar refractivity (Wildman–Crippen MR) is 79.2 cm³/mol. The van der Waals surface area contributed by atoms with E-state index in [2.05, 4.69) is 19.2 Å². The molecule has 2 rings (SSSR count). The molecule has 1 saturated heterocycles. The lowest BCUT2D eigenvalue weighted by Gasteiger charge is -2.44. The van der Waals surface area contributed by atoms with Gasteiger partial charge in [0.05, 0.1) is 0 Å². The van der Waals surface area contributed by atoms with Crippen LogP contribution in [-0.4, -0.2) is 34.8 Å². The third kappa shape index (κ3) is 2.99. The second-order valence-corrected chi connectivity index (χ2v) is 6.37. The summed E-state index contributed by atoms with van der Waals surface area (Å²) >= 11 is 0.